The second-order valence-electron chi connectivity index (χ2n) is 10.4. The number of amides is 1. The van der Waals surface area contributed by atoms with Gasteiger partial charge in [-0.1, -0.05) is 101 Å². The summed E-state index contributed by atoms with van der Waals surface area (Å²) in [5, 5.41) is 10.3. The van der Waals surface area contributed by atoms with E-state index in [2.05, 4.69) is 44.4 Å². The van der Waals surface area contributed by atoms with E-state index in [-0.39, 0.29) is 11.5 Å². The maximum Gasteiger partial charge on any atom is 0.407 e. The predicted molar refractivity (Wildman–Crippen MR) is 142 cm³/mol. The summed E-state index contributed by atoms with van der Waals surface area (Å²) < 4.78 is 2.11. The summed E-state index contributed by atoms with van der Waals surface area (Å²) in [4.78, 5) is 19.2. The molecule has 0 bridgehead atoms. The van der Waals surface area contributed by atoms with Crippen molar-refractivity contribution in [2.24, 2.45) is 11.1 Å². The van der Waals surface area contributed by atoms with Crippen LogP contribution in [0.3, 0.4) is 0 Å². The van der Waals surface area contributed by atoms with E-state index in [4.69, 9.17) is 10.7 Å². The Bertz CT molecular complexity index is 1060. The van der Waals surface area contributed by atoms with Crippen LogP contribution in [0.15, 0.2) is 66.9 Å². The molecule has 0 aliphatic rings. The molecule has 0 aliphatic carbocycles. The zero-order chi connectivity index (χ0) is 25.4. The van der Waals surface area contributed by atoms with Crippen molar-refractivity contribution in [1.82, 2.24) is 14.5 Å². The average Bonchev–Trinajstić information content (AvgIpc) is 3.23. The Balaban J connectivity index is 2.04. The topological polar surface area (TPSA) is 84.4 Å². The summed E-state index contributed by atoms with van der Waals surface area (Å²) in [6.45, 7) is 9.37. The fourth-order valence-corrected chi connectivity index (χ4v) is 4.55. The second-order valence-corrected chi connectivity index (χ2v) is 10.4. The number of benzene rings is 2. The van der Waals surface area contributed by atoms with Gasteiger partial charge in [-0.25, -0.2) is 9.78 Å². The monoisotopic (exact) mass is 476 g/mol. The van der Waals surface area contributed by atoms with Gasteiger partial charge in [0.05, 0.1) is 11.7 Å². The first-order chi connectivity index (χ1) is 16.7. The van der Waals surface area contributed by atoms with E-state index < -0.39 is 12.1 Å². The molecule has 0 spiro atoms. The Morgan fingerprint density at radius 3 is 2.26 bits per heavy atom. The lowest BCUT2D eigenvalue weighted by molar-refractivity contribution is 0.0737. The lowest BCUT2D eigenvalue weighted by Gasteiger charge is -2.38. The highest BCUT2D eigenvalue weighted by Gasteiger charge is 2.38. The van der Waals surface area contributed by atoms with Crippen LogP contribution in [0.25, 0.3) is 11.3 Å². The minimum atomic E-state index is -0.942. The molecule has 3 N–H and O–H groups in total. The van der Waals surface area contributed by atoms with E-state index in [0.717, 1.165) is 41.9 Å². The van der Waals surface area contributed by atoms with Gasteiger partial charge in [0, 0.05) is 30.9 Å². The molecule has 188 valence electrons. The van der Waals surface area contributed by atoms with Crippen molar-refractivity contribution in [3.05, 3.63) is 78.2 Å². The van der Waals surface area contributed by atoms with Gasteiger partial charge in [-0.3, -0.25) is 4.90 Å². The zero-order valence-electron chi connectivity index (χ0n) is 21.5. The molecule has 0 radical (unpaired) electrons. The molecular weight excluding hydrogens is 436 g/mol. The summed E-state index contributed by atoms with van der Waals surface area (Å²) in [7, 11) is 0. The van der Waals surface area contributed by atoms with Crippen LogP contribution >= 0.6 is 0 Å². The van der Waals surface area contributed by atoms with Gasteiger partial charge in [0.25, 0.3) is 0 Å². The molecule has 6 nitrogen and oxygen atoms in total. The highest BCUT2D eigenvalue weighted by atomic mass is 16.4. The minimum absolute atomic E-state index is 0.0126. The molecule has 3 aromatic rings. The molecule has 2 atom stereocenters. The molecule has 1 unspecified atom stereocenters. The predicted octanol–water partition coefficient (Wildman–Crippen LogP) is 6.57. The molecule has 3 rings (SSSR count). The van der Waals surface area contributed by atoms with Gasteiger partial charge in [-0.05, 0) is 23.8 Å². The number of aromatic nitrogens is 2. The van der Waals surface area contributed by atoms with E-state index in [1.165, 1.54) is 0 Å². The number of hydrogen-bond acceptors (Lipinski definition) is 3. The number of carbonyl (C=O) groups is 1. The van der Waals surface area contributed by atoms with Crippen LogP contribution in [-0.2, 0) is 6.54 Å². The Morgan fingerprint density at radius 2 is 1.69 bits per heavy atom. The van der Waals surface area contributed by atoms with Crippen LogP contribution in [0.5, 0.6) is 0 Å². The van der Waals surface area contributed by atoms with Crippen LogP contribution in [0.4, 0.5) is 4.79 Å². The minimum Gasteiger partial charge on any atom is -0.465 e. The smallest absolute Gasteiger partial charge is 0.407 e. The summed E-state index contributed by atoms with van der Waals surface area (Å²) in [6.07, 6.45) is 4.78. The number of nitrogens with zero attached hydrogens (tertiary/aromatic N) is 3. The molecule has 0 fully saturated rings. The number of unbranched alkanes of at least 4 members (excludes halogenated alkanes) is 1. The Kier molecular flexibility index (Phi) is 9.10. The van der Waals surface area contributed by atoms with Gasteiger partial charge in [0.2, 0.25) is 0 Å². The molecule has 6 heteroatoms. The van der Waals surface area contributed by atoms with Crippen molar-refractivity contribution in [3.8, 4) is 11.3 Å². The Morgan fingerprint density at radius 1 is 1.06 bits per heavy atom. The van der Waals surface area contributed by atoms with E-state index in [0.29, 0.717) is 19.5 Å². The second kappa shape index (κ2) is 12.0. The normalized spacial score (nSPS) is 13.4. The average molecular weight is 477 g/mol. The Labute approximate surface area is 209 Å². The molecule has 0 saturated heterocycles. The summed E-state index contributed by atoms with van der Waals surface area (Å²) in [5.41, 5.74) is 8.95. The number of rotatable bonds is 11. The number of carboxylic acid groups (broad SMARTS) is 1. The fraction of sp³-hybridized carbons (Fsp3) is 0.448. The lowest BCUT2D eigenvalue weighted by atomic mass is 9.84. The number of hydrogen-bond donors (Lipinski definition) is 2. The van der Waals surface area contributed by atoms with Crippen molar-refractivity contribution in [2.45, 2.75) is 72.0 Å². The van der Waals surface area contributed by atoms with Crippen molar-refractivity contribution in [1.29, 1.82) is 0 Å². The lowest BCUT2D eigenvalue weighted by Crippen LogP contribution is -2.43. The van der Waals surface area contributed by atoms with Crippen LogP contribution in [0.1, 0.15) is 70.8 Å². The van der Waals surface area contributed by atoms with Gasteiger partial charge in [0.1, 0.15) is 5.82 Å². The van der Waals surface area contributed by atoms with Gasteiger partial charge >= 0.3 is 6.09 Å². The third kappa shape index (κ3) is 7.18. The molecule has 1 amide bonds. The summed E-state index contributed by atoms with van der Waals surface area (Å²) in [5.74, 6) is 0.754. The molecule has 0 saturated carbocycles. The zero-order valence-corrected chi connectivity index (χ0v) is 21.5. The first-order valence-corrected chi connectivity index (χ1v) is 12.6. The third-order valence-electron chi connectivity index (χ3n) is 6.36. The van der Waals surface area contributed by atoms with Crippen molar-refractivity contribution in [2.75, 3.05) is 6.54 Å². The molecule has 1 aromatic heterocycles. The van der Waals surface area contributed by atoms with Gasteiger partial charge in [-0.15, -0.1) is 0 Å². The molecular formula is C29H40N4O2. The van der Waals surface area contributed by atoms with E-state index >= 15 is 0 Å². The van der Waals surface area contributed by atoms with Crippen LogP contribution < -0.4 is 5.73 Å². The van der Waals surface area contributed by atoms with Crippen molar-refractivity contribution >= 4 is 6.09 Å². The first kappa shape index (κ1) is 26.5. The van der Waals surface area contributed by atoms with Crippen molar-refractivity contribution < 1.29 is 9.90 Å². The highest BCUT2D eigenvalue weighted by Crippen LogP contribution is 2.39. The van der Waals surface area contributed by atoms with E-state index in [1.54, 1.807) is 4.90 Å². The maximum atomic E-state index is 12.6. The largest absolute Gasteiger partial charge is 0.465 e. The highest BCUT2D eigenvalue weighted by molar-refractivity contribution is 5.66. The van der Waals surface area contributed by atoms with Crippen LogP contribution in [-0.4, -0.2) is 38.2 Å². The van der Waals surface area contributed by atoms with E-state index in [9.17, 15) is 9.90 Å². The number of imidazole rings is 1. The third-order valence-corrected chi connectivity index (χ3v) is 6.36. The summed E-state index contributed by atoms with van der Waals surface area (Å²) >= 11 is 0. The fourth-order valence-electron chi connectivity index (χ4n) is 4.55. The van der Waals surface area contributed by atoms with Gasteiger partial charge in [0.15, 0.2) is 0 Å². The van der Waals surface area contributed by atoms with Crippen molar-refractivity contribution in [3.63, 3.8) is 0 Å². The number of nitrogens with two attached hydrogens (primary N) is 1. The molecule has 1 heterocycles. The molecule has 2 aromatic carbocycles. The Hall–Kier alpha value is -3.12. The SMILES string of the molecule is CCCCC(N)CCN(C(=O)O)[C@@H](c1nc(-c2ccccc2)cn1Cc1ccccc1)C(C)(C)C. The quantitative estimate of drug-likeness (QED) is 0.328. The molecule has 35 heavy (non-hydrogen) atoms. The van der Waals surface area contributed by atoms with Gasteiger partial charge < -0.3 is 15.4 Å². The maximum absolute atomic E-state index is 12.6. The van der Waals surface area contributed by atoms with Crippen LogP contribution in [0.2, 0.25) is 0 Å². The standard InChI is InChI=1S/C29H40N4O2/c1-5-6-17-24(30)18-19-33(28(34)35)26(29(2,3)4)27-31-25(23-15-11-8-12-16-23)21-32(27)20-22-13-9-7-10-14-22/h7-16,21,24,26H,5-6,17-20,30H2,1-4H3,(H,34,35)/t24?,26-/m0/s1. The van der Waals surface area contributed by atoms with E-state index in [1.807, 2.05) is 54.7 Å². The summed E-state index contributed by atoms with van der Waals surface area (Å²) in [6, 6.07) is 19.8. The van der Waals surface area contributed by atoms with Crippen LogP contribution in [0, 0.1) is 5.41 Å². The first-order valence-electron chi connectivity index (χ1n) is 12.6. The van der Waals surface area contributed by atoms with Gasteiger partial charge in [-0.2, -0.15) is 0 Å². The molecule has 0 aliphatic heterocycles.